The van der Waals surface area contributed by atoms with Gasteiger partial charge in [0.2, 0.25) is 0 Å². The molecule has 0 heterocycles. The van der Waals surface area contributed by atoms with Gasteiger partial charge in [-0.05, 0) is 12.3 Å². The van der Waals surface area contributed by atoms with Gasteiger partial charge in [-0.3, -0.25) is 0 Å². The molecule has 0 aromatic carbocycles. The molecule has 41 valence electrons. The van der Waals surface area contributed by atoms with E-state index < -0.39 is 0 Å². The highest BCUT2D eigenvalue weighted by atomic mass is 16.3. The Balaban J connectivity index is 2.06. The maximum absolute atomic E-state index is 8.38. The highest BCUT2D eigenvalue weighted by Crippen LogP contribution is 2.39. The first kappa shape index (κ1) is 5.06. The van der Waals surface area contributed by atoms with Gasteiger partial charge in [-0.15, -0.1) is 0 Å². The summed E-state index contributed by atoms with van der Waals surface area (Å²) in [5, 5.41) is 16.7. The van der Waals surface area contributed by atoms with E-state index in [9.17, 15) is 0 Å². The number of hydrogen-bond acceptors (Lipinski definition) is 2. The van der Waals surface area contributed by atoms with Crippen LogP contribution >= 0.6 is 0 Å². The van der Waals surface area contributed by atoms with Gasteiger partial charge in [-0.25, -0.2) is 0 Å². The molecule has 1 atom stereocenters. The van der Waals surface area contributed by atoms with Crippen molar-refractivity contribution in [1.82, 2.24) is 0 Å². The lowest BCUT2D eigenvalue weighted by Crippen LogP contribution is -1.89. The van der Waals surface area contributed by atoms with Gasteiger partial charge in [0.15, 0.2) is 0 Å². The summed E-state index contributed by atoms with van der Waals surface area (Å²) in [4.78, 5) is 0. The Hall–Kier alpha value is -0.0800. The normalized spacial score (nSPS) is 30.9. The van der Waals surface area contributed by atoms with Crippen LogP contribution in [0.3, 0.4) is 0 Å². The molecule has 1 saturated carbocycles. The predicted octanol–water partition coefficient (Wildman–Crippen LogP) is -0.435. The first-order chi connectivity index (χ1) is 3.38. The van der Waals surface area contributed by atoms with Crippen molar-refractivity contribution in [2.45, 2.75) is 6.42 Å². The molecule has 0 aliphatic heterocycles. The summed E-state index contributed by atoms with van der Waals surface area (Å²) in [5.74, 6) is 1.44. The van der Waals surface area contributed by atoms with Crippen molar-refractivity contribution >= 4 is 0 Å². The predicted molar refractivity (Wildman–Crippen MR) is 25.5 cm³/mol. The lowest BCUT2D eigenvalue weighted by molar-refractivity contribution is 0.266. The molecule has 0 aromatic heterocycles. The number of rotatable bonds is 2. The van der Waals surface area contributed by atoms with E-state index in [0.717, 1.165) is 12.3 Å². The van der Waals surface area contributed by atoms with Crippen molar-refractivity contribution in [2.24, 2.45) is 5.92 Å². The minimum atomic E-state index is 0.172. The molecule has 1 fully saturated rings. The smallest absolute Gasteiger partial charge is 0.0497 e. The molecular formula is C5H9O2. The lowest BCUT2D eigenvalue weighted by Gasteiger charge is -1.84. The fraction of sp³-hybridized carbons (Fsp3) is 0.800. The van der Waals surface area contributed by atoms with Crippen molar-refractivity contribution in [2.75, 3.05) is 13.2 Å². The Morgan fingerprint density at radius 1 is 1.57 bits per heavy atom. The molecule has 2 N–H and O–H groups in total. The van der Waals surface area contributed by atoms with Crippen molar-refractivity contribution in [3.63, 3.8) is 0 Å². The zero-order chi connectivity index (χ0) is 5.28. The number of hydrogen-bond donors (Lipinski definition) is 2. The van der Waals surface area contributed by atoms with Crippen LogP contribution in [0.2, 0.25) is 0 Å². The Labute approximate surface area is 42.8 Å². The summed E-state index contributed by atoms with van der Waals surface area (Å²) in [7, 11) is 0. The summed E-state index contributed by atoms with van der Waals surface area (Å²) in [5.41, 5.74) is 0. The molecule has 1 aliphatic rings. The first-order valence-electron chi connectivity index (χ1n) is 2.44. The van der Waals surface area contributed by atoms with E-state index in [2.05, 4.69) is 0 Å². The topological polar surface area (TPSA) is 40.5 Å². The second kappa shape index (κ2) is 1.80. The molecule has 0 saturated heterocycles. The second-order valence-electron chi connectivity index (χ2n) is 1.90. The van der Waals surface area contributed by atoms with E-state index in [-0.39, 0.29) is 13.2 Å². The molecule has 0 bridgehead atoms. The summed E-state index contributed by atoms with van der Waals surface area (Å²) < 4.78 is 0. The fourth-order valence-electron chi connectivity index (χ4n) is 0.645. The molecule has 1 aliphatic carbocycles. The van der Waals surface area contributed by atoms with E-state index in [1.165, 1.54) is 0 Å². The van der Waals surface area contributed by atoms with Crippen LogP contribution in [0.4, 0.5) is 0 Å². The van der Waals surface area contributed by atoms with Crippen LogP contribution in [-0.4, -0.2) is 23.4 Å². The highest BCUT2D eigenvalue weighted by Gasteiger charge is 2.35. The van der Waals surface area contributed by atoms with Crippen LogP contribution in [0, 0.1) is 11.8 Å². The second-order valence-corrected chi connectivity index (χ2v) is 1.90. The zero-order valence-electron chi connectivity index (χ0n) is 4.09. The Bertz CT molecular complexity index is 55.1. The van der Waals surface area contributed by atoms with Gasteiger partial charge in [-0.1, -0.05) is 0 Å². The third-order valence-corrected chi connectivity index (χ3v) is 1.35. The maximum atomic E-state index is 8.38. The quantitative estimate of drug-likeness (QED) is 0.495. The Morgan fingerprint density at radius 3 is 2.43 bits per heavy atom. The molecule has 2 heteroatoms. The lowest BCUT2D eigenvalue weighted by atomic mass is 10.3. The molecule has 1 rings (SSSR count). The minimum Gasteiger partial charge on any atom is -0.396 e. The summed E-state index contributed by atoms with van der Waals surface area (Å²) in [6.45, 7) is 0.390. The molecule has 0 aromatic rings. The molecule has 1 unspecified atom stereocenters. The van der Waals surface area contributed by atoms with Gasteiger partial charge in [0.1, 0.15) is 0 Å². The van der Waals surface area contributed by atoms with Crippen molar-refractivity contribution in [3.05, 3.63) is 5.92 Å². The Kier molecular flexibility index (Phi) is 1.30. The summed E-state index contributed by atoms with van der Waals surface area (Å²) in [6.07, 6.45) is 0.938. The summed E-state index contributed by atoms with van der Waals surface area (Å²) >= 11 is 0. The van der Waals surface area contributed by atoms with Gasteiger partial charge in [0.05, 0.1) is 0 Å². The maximum Gasteiger partial charge on any atom is 0.0497 e. The SMILES string of the molecule is OC[C]1CC1CO. The van der Waals surface area contributed by atoms with Crippen LogP contribution in [0.5, 0.6) is 0 Å². The van der Waals surface area contributed by atoms with Crippen LogP contribution in [0.1, 0.15) is 6.42 Å². The average Bonchev–Trinajstić information content (AvgIpc) is 2.43. The zero-order valence-corrected chi connectivity index (χ0v) is 4.09. The van der Waals surface area contributed by atoms with Gasteiger partial charge in [0.25, 0.3) is 0 Å². The van der Waals surface area contributed by atoms with E-state index in [1.54, 1.807) is 0 Å². The monoisotopic (exact) mass is 101 g/mol. The number of aliphatic hydroxyl groups is 2. The molecule has 2 nitrogen and oxygen atoms in total. The third kappa shape index (κ3) is 0.924. The highest BCUT2D eigenvalue weighted by molar-refractivity contribution is 5.13. The van der Waals surface area contributed by atoms with Crippen LogP contribution in [0.25, 0.3) is 0 Å². The van der Waals surface area contributed by atoms with E-state index in [4.69, 9.17) is 10.2 Å². The minimum absolute atomic E-state index is 0.172. The molecule has 7 heavy (non-hydrogen) atoms. The van der Waals surface area contributed by atoms with E-state index in [1.807, 2.05) is 0 Å². The van der Waals surface area contributed by atoms with Gasteiger partial charge >= 0.3 is 0 Å². The van der Waals surface area contributed by atoms with E-state index >= 15 is 0 Å². The van der Waals surface area contributed by atoms with Crippen molar-refractivity contribution in [3.8, 4) is 0 Å². The number of aliphatic hydroxyl groups excluding tert-OH is 2. The van der Waals surface area contributed by atoms with Crippen LogP contribution < -0.4 is 0 Å². The van der Waals surface area contributed by atoms with Gasteiger partial charge in [0, 0.05) is 19.1 Å². The van der Waals surface area contributed by atoms with Crippen molar-refractivity contribution < 1.29 is 10.2 Å². The summed E-state index contributed by atoms with van der Waals surface area (Å²) in [6, 6.07) is 0. The molecule has 0 spiro atoms. The molecule has 0 amide bonds. The van der Waals surface area contributed by atoms with Crippen molar-refractivity contribution in [1.29, 1.82) is 0 Å². The molecular weight excluding hydrogens is 92.1 g/mol. The van der Waals surface area contributed by atoms with Gasteiger partial charge in [-0.2, -0.15) is 0 Å². The van der Waals surface area contributed by atoms with Gasteiger partial charge < -0.3 is 10.2 Å². The standard InChI is InChI=1S/C5H9O2/c6-2-4-1-5(4)3-7/h4,6-7H,1-3H2. The average molecular weight is 101 g/mol. The van der Waals surface area contributed by atoms with Crippen LogP contribution in [-0.2, 0) is 0 Å². The van der Waals surface area contributed by atoms with E-state index in [0.29, 0.717) is 5.92 Å². The van der Waals surface area contributed by atoms with Crippen LogP contribution in [0.15, 0.2) is 0 Å². The fourth-order valence-corrected chi connectivity index (χ4v) is 0.645. The molecule has 1 radical (unpaired) electrons. The first-order valence-corrected chi connectivity index (χ1v) is 2.44. The largest absolute Gasteiger partial charge is 0.396 e. The third-order valence-electron chi connectivity index (χ3n) is 1.35. The Morgan fingerprint density at radius 2 is 2.29 bits per heavy atom.